The topological polar surface area (TPSA) is 42.4 Å². The number of hydrogen-bond donors (Lipinski definition) is 0. The molecule has 1 amide bonds. The molecule has 1 aromatic heterocycles. The van der Waals surface area contributed by atoms with Crippen LogP contribution in [0.5, 0.6) is 5.75 Å². The number of ether oxygens (including phenoxy) is 1. The summed E-state index contributed by atoms with van der Waals surface area (Å²) in [6.07, 6.45) is 2.03. The molecule has 4 heteroatoms. The highest BCUT2D eigenvalue weighted by Crippen LogP contribution is 2.32. The van der Waals surface area contributed by atoms with Gasteiger partial charge in [-0.3, -0.25) is 9.78 Å². The van der Waals surface area contributed by atoms with Gasteiger partial charge in [0, 0.05) is 19.0 Å². The smallest absolute Gasteiger partial charge is 0.220 e. The Morgan fingerprint density at radius 1 is 1.23 bits per heavy atom. The highest BCUT2D eigenvalue weighted by atomic mass is 16.5. The predicted octanol–water partition coefficient (Wildman–Crippen LogP) is 3.44. The molecule has 0 radical (unpaired) electrons. The molecule has 3 rings (SSSR count). The molecule has 0 bridgehead atoms. The van der Waals surface area contributed by atoms with Gasteiger partial charge in [0.05, 0.1) is 24.5 Å². The lowest BCUT2D eigenvalue weighted by Gasteiger charge is -2.23. The Labute approximate surface area is 130 Å². The number of aromatic nitrogens is 1. The van der Waals surface area contributed by atoms with E-state index in [0.29, 0.717) is 0 Å². The van der Waals surface area contributed by atoms with Crippen LogP contribution in [0.25, 0.3) is 11.3 Å². The Bertz CT molecular complexity index is 667. The van der Waals surface area contributed by atoms with Gasteiger partial charge in [-0.1, -0.05) is 6.07 Å². The van der Waals surface area contributed by atoms with Crippen LogP contribution in [-0.2, 0) is 4.79 Å². The maximum atomic E-state index is 11.7. The Morgan fingerprint density at radius 3 is 2.68 bits per heavy atom. The van der Waals surface area contributed by atoms with Crippen LogP contribution in [0.3, 0.4) is 0 Å². The number of rotatable bonds is 3. The summed E-state index contributed by atoms with van der Waals surface area (Å²) in [5.74, 6) is 0.956. The molecule has 0 saturated carbocycles. The van der Waals surface area contributed by atoms with Gasteiger partial charge >= 0.3 is 0 Å². The minimum Gasteiger partial charge on any atom is -0.497 e. The van der Waals surface area contributed by atoms with Crippen molar-refractivity contribution in [1.82, 2.24) is 9.88 Å². The summed E-state index contributed by atoms with van der Waals surface area (Å²) in [6.45, 7) is 2.46. The first-order chi connectivity index (χ1) is 10.7. The van der Waals surface area contributed by atoms with E-state index in [4.69, 9.17) is 9.72 Å². The summed E-state index contributed by atoms with van der Waals surface area (Å²) in [5, 5.41) is 0. The molecule has 1 atom stereocenters. The standard InChI is InChI=1S/C18H20N2O2/c1-13(21)20-12-4-7-18(20)17-6-3-5-16(19-17)14-8-10-15(22-2)11-9-14/h3,5-6,8-11,18H,4,7,12H2,1-2H3/t18-/m0/s1. The Hall–Kier alpha value is -2.36. The number of nitrogens with zero attached hydrogens (tertiary/aromatic N) is 2. The van der Waals surface area contributed by atoms with E-state index < -0.39 is 0 Å². The first-order valence-electron chi connectivity index (χ1n) is 7.57. The van der Waals surface area contributed by atoms with E-state index in [1.54, 1.807) is 14.0 Å². The van der Waals surface area contributed by atoms with E-state index in [0.717, 1.165) is 42.1 Å². The van der Waals surface area contributed by atoms with Crippen molar-refractivity contribution in [2.24, 2.45) is 0 Å². The largest absolute Gasteiger partial charge is 0.497 e. The fourth-order valence-corrected chi connectivity index (χ4v) is 3.01. The number of carbonyl (C=O) groups is 1. The van der Waals surface area contributed by atoms with Crippen LogP contribution in [-0.4, -0.2) is 29.4 Å². The van der Waals surface area contributed by atoms with Crippen LogP contribution >= 0.6 is 0 Å². The highest BCUT2D eigenvalue weighted by molar-refractivity contribution is 5.74. The third kappa shape index (κ3) is 2.82. The molecule has 4 nitrogen and oxygen atoms in total. The maximum absolute atomic E-state index is 11.7. The predicted molar refractivity (Wildman–Crippen MR) is 85.6 cm³/mol. The second-order valence-corrected chi connectivity index (χ2v) is 5.55. The Balaban J connectivity index is 1.90. The van der Waals surface area contributed by atoms with Crippen molar-refractivity contribution < 1.29 is 9.53 Å². The Morgan fingerprint density at radius 2 is 2.00 bits per heavy atom. The van der Waals surface area contributed by atoms with Crippen LogP contribution in [0.4, 0.5) is 0 Å². The molecule has 114 valence electrons. The van der Waals surface area contributed by atoms with Gasteiger partial charge in [-0.2, -0.15) is 0 Å². The average Bonchev–Trinajstić information content (AvgIpc) is 3.05. The van der Waals surface area contributed by atoms with Crippen LogP contribution in [0.2, 0.25) is 0 Å². The van der Waals surface area contributed by atoms with Crippen molar-refractivity contribution in [2.45, 2.75) is 25.8 Å². The van der Waals surface area contributed by atoms with Gasteiger partial charge in [0.25, 0.3) is 0 Å². The minimum absolute atomic E-state index is 0.107. The molecule has 2 aromatic rings. The van der Waals surface area contributed by atoms with E-state index in [1.165, 1.54) is 0 Å². The van der Waals surface area contributed by atoms with Crippen LogP contribution in [0.1, 0.15) is 31.5 Å². The van der Waals surface area contributed by atoms with Gasteiger partial charge in [0.2, 0.25) is 5.91 Å². The van der Waals surface area contributed by atoms with Crippen molar-refractivity contribution in [3.63, 3.8) is 0 Å². The molecule has 1 saturated heterocycles. The molecular formula is C18H20N2O2. The van der Waals surface area contributed by atoms with Gasteiger partial charge in [0.1, 0.15) is 5.75 Å². The summed E-state index contributed by atoms with van der Waals surface area (Å²) in [5.41, 5.74) is 2.95. The van der Waals surface area contributed by atoms with E-state index in [-0.39, 0.29) is 11.9 Å². The highest BCUT2D eigenvalue weighted by Gasteiger charge is 2.28. The van der Waals surface area contributed by atoms with E-state index in [9.17, 15) is 4.79 Å². The van der Waals surface area contributed by atoms with E-state index in [2.05, 4.69) is 0 Å². The van der Waals surface area contributed by atoms with Crippen molar-refractivity contribution >= 4 is 5.91 Å². The van der Waals surface area contributed by atoms with Crippen molar-refractivity contribution in [1.29, 1.82) is 0 Å². The number of pyridine rings is 1. The van der Waals surface area contributed by atoms with Crippen LogP contribution in [0.15, 0.2) is 42.5 Å². The van der Waals surface area contributed by atoms with E-state index >= 15 is 0 Å². The van der Waals surface area contributed by atoms with Gasteiger partial charge in [-0.05, 0) is 49.2 Å². The zero-order valence-corrected chi connectivity index (χ0v) is 13.0. The molecule has 0 aliphatic carbocycles. The summed E-state index contributed by atoms with van der Waals surface area (Å²) in [6, 6.07) is 14.0. The molecule has 1 aliphatic rings. The summed E-state index contributed by atoms with van der Waals surface area (Å²) in [4.78, 5) is 18.4. The van der Waals surface area contributed by atoms with Crippen molar-refractivity contribution in [3.05, 3.63) is 48.2 Å². The van der Waals surface area contributed by atoms with Gasteiger partial charge < -0.3 is 9.64 Å². The van der Waals surface area contributed by atoms with E-state index in [1.807, 2.05) is 47.4 Å². The molecule has 22 heavy (non-hydrogen) atoms. The number of methoxy groups -OCH3 is 1. The fraction of sp³-hybridized carbons (Fsp3) is 0.333. The minimum atomic E-state index is 0.107. The number of carbonyl (C=O) groups excluding carboxylic acids is 1. The number of likely N-dealkylation sites (tertiary alicyclic amines) is 1. The Kier molecular flexibility index (Phi) is 4.09. The molecule has 0 N–H and O–H groups in total. The van der Waals surface area contributed by atoms with Crippen molar-refractivity contribution in [2.75, 3.05) is 13.7 Å². The molecule has 1 aromatic carbocycles. The lowest BCUT2D eigenvalue weighted by molar-refractivity contribution is -0.129. The zero-order chi connectivity index (χ0) is 15.5. The molecule has 2 heterocycles. The zero-order valence-electron chi connectivity index (χ0n) is 13.0. The summed E-state index contributed by atoms with van der Waals surface area (Å²) >= 11 is 0. The number of benzene rings is 1. The number of hydrogen-bond acceptors (Lipinski definition) is 3. The monoisotopic (exact) mass is 296 g/mol. The normalized spacial score (nSPS) is 17.5. The third-order valence-corrected chi connectivity index (χ3v) is 4.16. The second-order valence-electron chi connectivity index (χ2n) is 5.55. The summed E-state index contributed by atoms with van der Waals surface area (Å²) < 4.78 is 5.19. The molecule has 0 spiro atoms. The fourth-order valence-electron chi connectivity index (χ4n) is 3.01. The second kappa shape index (κ2) is 6.18. The average molecular weight is 296 g/mol. The first-order valence-corrected chi connectivity index (χ1v) is 7.57. The van der Waals surface area contributed by atoms with Gasteiger partial charge in [0.15, 0.2) is 0 Å². The lowest BCUT2D eigenvalue weighted by Crippen LogP contribution is -2.28. The molecule has 1 fully saturated rings. The summed E-state index contributed by atoms with van der Waals surface area (Å²) in [7, 11) is 1.66. The SMILES string of the molecule is COc1ccc(-c2cccc([C@@H]3CCCN3C(C)=O)n2)cc1. The van der Waals surface area contributed by atoms with Gasteiger partial charge in [-0.25, -0.2) is 0 Å². The van der Waals surface area contributed by atoms with Crippen LogP contribution in [0, 0.1) is 0 Å². The molecule has 1 aliphatic heterocycles. The number of amides is 1. The third-order valence-electron chi connectivity index (χ3n) is 4.16. The molecule has 0 unspecified atom stereocenters. The quantitative estimate of drug-likeness (QED) is 0.871. The molecular weight excluding hydrogens is 276 g/mol. The van der Waals surface area contributed by atoms with Crippen molar-refractivity contribution in [3.8, 4) is 17.0 Å². The maximum Gasteiger partial charge on any atom is 0.220 e. The van der Waals surface area contributed by atoms with Gasteiger partial charge in [-0.15, -0.1) is 0 Å². The first kappa shape index (κ1) is 14.6. The van der Waals surface area contributed by atoms with Crippen LogP contribution < -0.4 is 4.74 Å². The lowest BCUT2D eigenvalue weighted by atomic mass is 10.1.